The highest BCUT2D eigenvalue weighted by atomic mass is 32.2. The zero-order chi connectivity index (χ0) is 17.0. The number of hydrogen-bond donors (Lipinski definition) is 1. The van der Waals surface area contributed by atoms with Crippen LogP contribution in [0.15, 0.2) is 64.5 Å². The van der Waals surface area contributed by atoms with E-state index in [9.17, 15) is 17.6 Å². The van der Waals surface area contributed by atoms with Gasteiger partial charge >= 0.3 is 0 Å². The third-order valence-electron chi connectivity index (χ3n) is 3.20. The van der Waals surface area contributed by atoms with Crippen molar-refractivity contribution >= 4 is 21.3 Å². The number of sulfone groups is 1. The molecule has 0 aliphatic rings. The number of nitrogens with one attached hydrogen (secondary N) is 1. The Labute approximate surface area is 134 Å². The van der Waals surface area contributed by atoms with E-state index in [4.69, 9.17) is 0 Å². The third-order valence-corrected chi connectivity index (χ3v) is 5.08. The van der Waals surface area contributed by atoms with E-state index in [1.165, 1.54) is 30.3 Å². The fourth-order valence-electron chi connectivity index (χ4n) is 1.93. The second kappa shape index (κ2) is 6.75. The molecule has 0 bridgehead atoms. The van der Waals surface area contributed by atoms with Crippen LogP contribution in [-0.2, 0) is 14.6 Å². The Morgan fingerprint density at radius 2 is 1.70 bits per heavy atom. The fourth-order valence-corrected chi connectivity index (χ4v) is 3.28. The van der Waals surface area contributed by atoms with Crippen LogP contribution in [0.4, 0.5) is 10.1 Å². The summed E-state index contributed by atoms with van der Waals surface area (Å²) in [5.74, 6) is -1.17. The molecule has 0 radical (unpaired) electrons. The number of Topliss-reactive ketones (excluding diaryl/α,β-unsaturated/α-hetero) is 1. The summed E-state index contributed by atoms with van der Waals surface area (Å²) < 4.78 is 38.7. The Bertz CT molecular complexity index is 856. The number of carbonyl (C=O) groups is 1. The number of halogens is 1. The van der Waals surface area contributed by atoms with E-state index in [2.05, 4.69) is 5.32 Å². The van der Waals surface area contributed by atoms with Gasteiger partial charge in [0.05, 0.1) is 10.6 Å². The van der Waals surface area contributed by atoms with Gasteiger partial charge in [-0.3, -0.25) is 4.79 Å². The molecule has 0 spiro atoms. The zero-order valence-corrected chi connectivity index (χ0v) is 13.5. The van der Waals surface area contributed by atoms with E-state index < -0.39 is 26.3 Å². The molecule has 6 heteroatoms. The molecule has 0 fully saturated rings. The van der Waals surface area contributed by atoms with E-state index in [0.717, 1.165) is 18.7 Å². The lowest BCUT2D eigenvalue weighted by molar-refractivity contribution is -0.113. The summed E-state index contributed by atoms with van der Waals surface area (Å²) in [4.78, 5) is 11.3. The Kier molecular flexibility index (Phi) is 4.95. The van der Waals surface area contributed by atoms with Crippen LogP contribution in [0.2, 0.25) is 0 Å². The van der Waals surface area contributed by atoms with Crippen molar-refractivity contribution in [3.05, 3.63) is 71.0 Å². The molecule has 0 saturated carbocycles. The van der Waals surface area contributed by atoms with Gasteiger partial charge in [0.15, 0.2) is 5.78 Å². The smallest absolute Gasteiger partial charge is 0.211 e. The highest BCUT2D eigenvalue weighted by molar-refractivity contribution is 7.96. The molecule has 0 heterocycles. The van der Waals surface area contributed by atoms with Crippen molar-refractivity contribution < 1.29 is 17.6 Å². The summed E-state index contributed by atoms with van der Waals surface area (Å²) in [6.45, 7) is 2.98. The second-order valence-corrected chi connectivity index (χ2v) is 6.92. The van der Waals surface area contributed by atoms with E-state index >= 15 is 0 Å². The maximum atomic E-state index is 13.6. The van der Waals surface area contributed by atoms with Gasteiger partial charge in [0.2, 0.25) is 9.84 Å². The summed E-state index contributed by atoms with van der Waals surface area (Å²) in [6, 6.07) is 12.0. The van der Waals surface area contributed by atoms with Gasteiger partial charge in [-0.15, -0.1) is 0 Å². The summed E-state index contributed by atoms with van der Waals surface area (Å²) >= 11 is 0. The molecular weight excluding hydrogens is 317 g/mol. The average Bonchev–Trinajstić information content (AvgIpc) is 2.49. The van der Waals surface area contributed by atoms with Crippen LogP contribution in [-0.4, -0.2) is 14.2 Å². The van der Waals surface area contributed by atoms with Gasteiger partial charge < -0.3 is 5.32 Å². The van der Waals surface area contributed by atoms with E-state index in [0.29, 0.717) is 0 Å². The molecule has 0 aromatic heterocycles. The lowest BCUT2D eigenvalue weighted by atomic mass is 10.2. The molecule has 4 nitrogen and oxygen atoms in total. The molecule has 0 atom stereocenters. The van der Waals surface area contributed by atoms with Crippen molar-refractivity contribution in [3.8, 4) is 0 Å². The zero-order valence-electron chi connectivity index (χ0n) is 12.7. The number of allylic oxidation sites excluding steroid dienone is 1. The minimum absolute atomic E-state index is 0.0138. The molecule has 120 valence electrons. The van der Waals surface area contributed by atoms with Gasteiger partial charge in [-0.05, 0) is 38.1 Å². The summed E-state index contributed by atoms with van der Waals surface area (Å²) in [5.41, 5.74) is 0.993. The van der Waals surface area contributed by atoms with Crippen LogP contribution in [0, 0.1) is 12.7 Å². The Morgan fingerprint density at radius 1 is 1.09 bits per heavy atom. The number of para-hydroxylation sites is 1. The predicted octanol–water partition coefficient (Wildman–Crippen LogP) is 3.45. The number of benzene rings is 2. The van der Waals surface area contributed by atoms with Crippen LogP contribution in [0.5, 0.6) is 0 Å². The van der Waals surface area contributed by atoms with Gasteiger partial charge in [-0.2, -0.15) is 0 Å². The molecule has 2 rings (SSSR count). The molecular formula is C17H16FNO3S. The normalized spacial score (nSPS) is 12.0. The van der Waals surface area contributed by atoms with Crippen LogP contribution in [0.3, 0.4) is 0 Å². The quantitative estimate of drug-likeness (QED) is 0.851. The summed E-state index contributed by atoms with van der Waals surface area (Å²) in [7, 11) is -3.97. The lowest BCUT2D eigenvalue weighted by Crippen LogP contribution is -2.13. The summed E-state index contributed by atoms with van der Waals surface area (Å²) in [6.07, 6.45) is 1.02. The molecule has 0 aliphatic carbocycles. The maximum Gasteiger partial charge on any atom is 0.211 e. The van der Waals surface area contributed by atoms with Crippen LogP contribution < -0.4 is 5.32 Å². The van der Waals surface area contributed by atoms with Gasteiger partial charge in [0, 0.05) is 6.20 Å². The second-order valence-electron chi connectivity index (χ2n) is 5.01. The molecule has 0 unspecified atom stereocenters. The highest BCUT2D eigenvalue weighted by Crippen LogP contribution is 2.21. The lowest BCUT2D eigenvalue weighted by Gasteiger charge is -2.08. The SMILES string of the molecule is CC(=O)/C(=C\Nc1ccccc1F)S(=O)(=O)c1ccc(C)cc1. The van der Waals surface area contributed by atoms with Gasteiger partial charge in [0.1, 0.15) is 10.7 Å². The minimum Gasteiger partial charge on any atom is -0.358 e. The highest BCUT2D eigenvalue weighted by Gasteiger charge is 2.24. The first-order valence-corrected chi connectivity index (χ1v) is 8.34. The van der Waals surface area contributed by atoms with Crippen molar-refractivity contribution in [1.82, 2.24) is 0 Å². The molecule has 1 N–H and O–H groups in total. The van der Waals surface area contributed by atoms with Crippen molar-refractivity contribution in [2.24, 2.45) is 0 Å². The Morgan fingerprint density at radius 3 is 2.26 bits per heavy atom. The largest absolute Gasteiger partial charge is 0.358 e. The average molecular weight is 333 g/mol. The van der Waals surface area contributed by atoms with Gasteiger partial charge in [-0.1, -0.05) is 29.8 Å². The maximum absolute atomic E-state index is 13.6. The molecule has 0 aliphatic heterocycles. The van der Waals surface area contributed by atoms with E-state index in [1.54, 1.807) is 18.2 Å². The van der Waals surface area contributed by atoms with Crippen LogP contribution >= 0.6 is 0 Å². The van der Waals surface area contributed by atoms with Crippen molar-refractivity contribution in [2.45, 2.75) is 18.7 Å². The summed E-state index contributed by atoms with van der Waals surface area (Å²) in [5, 5.41) is 2.54. The molecule has 2 aromatic rings. The van der Waals surface area contributed by atoms with Crippen LogP contribution in [0.1, 0.15) is 12.5 Å². The first-order chi connectivity index (χ1) is 10.8. The first-order valence-electron chi connectivity index (χ1n) is 6.86. The fraction of sp³-hybridized carbons (Fsp3) is 0.118. The van der Waals surface area contributed by atoms with E-state index in [1.807, 2.05) is 6.92 Å². The van der Waals surface area contributed by atoms with Crippen LogP contribution in [0.25, 0.3) is 0 Å². The number of hydrogen-bond acceptors (Lipinski definition) is 4. The molecule has 2 aromatic carbocycles. The third kappa shape index (κ3) is 3.84. The van der Waals surface area contributed by atoms with Crippen molar-refractivity contribution in [2.75, 3.05) is 5.32 Å². The minimum atomic E-state index is -3.97. The number of anilines is 1. The number of aryl methyl sites for hydroxylation is 1. The van der Waals surface area contributed by atoms with Gasteiger partial charge in [-0.25, -0.2) is 12.8 Å². The Balaban J connectivity index is 2.41. The number of carbonyl (C=O) groups excluding carboxylic acids is 1. The first kappa shape index (κ1) is 16.9. The predicted molar refractivity (Wildman–Crippen MR) is 87.2 cm³/mol. The standard InChI is InChI=1S/C17H16FNO3S/c1-12-7-9-14(10-8-12)23(21,22)17(13(2)20)11-19-16-6-4-3-5-15(16)18/h3-11,19H,1-2H3/b17-11+. The Hall–Kier alpha value is -2.47. The van der Waals surface area contributed by atoms with Gasteiger partial charge in [0.25, 0.3) is 0 Å². The van der Waals surface area contributed by atoms with E-state index in [-0.39, 0.29) is 10.6 Å². The number of rotatable bonds is 5. The topological polar surface area (TPSA) is 63.2 Å². The van der Waals surface area contributed by atoms with Crippen molar-refractivity contribution in [3.63, 3.8) is 0 Å². The molecule has 0 saturated heterocycles. The molecule has 0 amide bonds. The van der Waals surface area contributed by atoms with Crippen molar-refractivity contribution in [1.29, 1.82) is 0 Å². The molecule has 23 heavy (non-hydrogen) atoms. The monoisotopic (exact) mass is 333 g/mol. The number of ketones is 1.